The number of fused-ring (bicyclic) bond motifs is 1. The first-order chi connectivity index (χ1) is 11.8. The Morgan fingerprint density at radius 3 is 2.36 bits per heavy atom. The van der Waals surface area contributed by atoms with Crippen LogP contribution in [-0.2, 0) is 4.74 Å². The molecule has 2 rings (SSSR count). The Bertz CT molecular complexity index is 714. The summed E-state index contributed by atoms with van der Waals surface area (Å²) in [4.78, 5) is 48.9. The highest BCUT2D eigenvalue weighted by Gasteiger charge is 2.36. The van der Waals surface area contributed by atoms with Gasteiger partial charge in [0, 0.05) is 25.2 Å². The van der Waals surface area contributed by atoms with Crippen LogP contribution in [-0.4, -0.2) is 55.5 Å². The third kappa shape index (κ3) is 4.14. The first-order valence-electron chi connectivity index (χ1n) is 7.95. The van der Waals surface area contributed by atoms with Crippen LogP contribution in [0.15, 0.2) is 18.2 Å². The molecule has 4 amide bonds. The molecule has 0 atom stereocenters. The number of hydrogen-bond acceptors (Lipinski definition) is 5. The molecule has 8 nitrogen and oxygen atoms in total. The van der Waals surface area contributed by atoms with Crippen molar-refractivity contribution in [2.24, 2.45) is 5.92 Å². The SMILES string of the molecule is COC(=O)NCCNC(=O)c1ccc2c(c1)C(=O)N(CC(C)C)C2=O. The summed E-state index contributed by atoms with van der Waals surface area (Å²) < 4.78 is 4.41. The van der Waals surface area contributed by atoms with Gasteiger partial charge >= 0.3 is 6.09 Å². The van der Waals surface area contributed by atoms with Crippen molar-refractivity contribution in [3.8, 4) is 0 Å². The minimum Gasteiger partial charge on any atom is -0.453 e. The van der Waals surface area contributed by atoms with Gasteiger partial charge in [0.1, 0.15) is 0 Å². The number of alkyl carbamates (subject to hydrolysis) is 1. The molecule has 0 unspecified atom stereocenters. The van der Waals surface area contributed by atoms with E-state index in [-0.39, 0.29) is 41.9 Å². The zero-order valence-corrected chi connectivity index (χ0v) is 14.4. The van der Waals surface area contributed by atoms with Gasteiger partial charge in [0.15, 0.2) is 0 Å². The van der Waals surface area contributed by atoms with Crippen LogP contribution in [0.4, 0.5) is 4.79 Å². The number of rotatable bonds is 6. The molecular weight excluding hydrogens is 326 g/mol. The molecule has 1 aromatic carbocycles. The monoisotopic (exact) mass is 347 g/mol. The lowest BCUT2D eigenvalue weighted by Gasteiger charge is -2.15. The van der Waals surface area contributed by atoms with Crippen LogP contribution in [0, 0.1) is 5.92 Å². The van der Waals surface area contributed by atoms with Crippen molar-refractivity contribution < 1.29 is 23.9 Å². The zero-order chi connectivity index (χ0) is 18.6. The van der Waals surface area contributed by atoms with E-state index in [1.807, 2.05) is 13.8 Å². The van der Waals surface area contributed by atoms with Gasteiger partial charge in [-0.2, -0.15) is 0 Å². The number of nitrogens with zero attached hydrogens (tertiary/aromatic N) is 1. The van der Waals surface area contributed by atoms with Gasteiger partial charge in [0.25, 0.3) is 17.7 Å². The fraction of sp³-hybridized carbons (Fsp3) is 0.412. The second-order valence-corrected chi connectivity index (χ2v) is 6.05. The molecule has 0 aliphatic carbocycles. The van der Waals surface area contributed by atoms with E-state index < -0.39 is 12.0 Å². The van der Waals surface area contributed by atoms with Crippen LogP contribution in [0.5, 0.6) is 0 Å². The van der Waals surface area contributed by atoms with Crippen molar-refractivity contribution in [3.05, 3.63) is 34.9 Å². The number of carbonyl (C=O) groups is 4. The first kappa shape index (κ1) is 18.4. The quantitative estimate of drug-likeness (QED) is 0.591. The molecule has 0 aromatic heterocycles. The van der Waals surface area contributed by atoms with Crippen molar-refractivity contribution in [2.75, 3.05) is 26.7 Å². The summed E-state index contributed by atoms with van der Waals surface area (Å²) in [5.41, 5.74) is 0.838. The number of benzene rings is 1. The molecule has 1 heterocycles. The number of amides is 4. The van der Waals surface area contributed by atoms with Gasteiger partial charge in [-0.25, -0.2) is 4.79 Å². The minimum absolute atomic E-state index is 0.160. The lowest BCUT2D eigenvalue weighted by atomic mass is 10.1. The lowest BCUT2D eigenvalue weighted by molar-refractivity contribution is 0.0636. The molecule has 1 aliphatic rings. The fourth-order valence-corrected chi connectivity index (χ4v) is 2.48. The van der Waals surface area contributed by atoms with Crippen LogP contribution < -0.4 is 10.6 Å². The molecule has 25 heavy (non-hydrogen) atoms. The second-order valence-electron chi connectivity index (χ2n) is 6.05. The molecule has 0 spiro atoms. The van der Waals surface area contributed by atoms with Crippen LogP contribution in [0.3, 0.4) is 0 Å². The largest absolute Gasteiger partial charge is 0.453 e. The van der Waals surface area contributed by atoms with Crippen molar-refractivity contribution in [2.45, 2.75) is 13.8 Å². The number of imide groups is 1. The molecule has 1 aliphatic heterocycles. The maximum atomic E-state index is 12.4. The van der Waals surface area contributed by atoms with Crippen molar-refractivity contribution >= 4 is 23.8 Å². The molecule has 1 aromatic rings. The van der Waals surface area contributed by atoms with E-state index in [4.69, 9.17) is 0 Å². The lowest BCUT2D eigenvalue weighted by Crippen LogP contribution is -2.34. The van der Waals surface area contributed by atoms with Crippen LogP contribution in [0.1, 0.15) is 44.9 Å². The Hall–Kier alpha value is -2.90. The van der Waals surface area contributed by atoms with Crippen LogP contribution in [0.25, 0.3) is 0 Å². The number of methoxy groups -OCH3 is 1. The maximum Gasteiger partial charge on any atom is 0.406 e. The van der Waals surface area contributed by atoms with E-state index in [1.54, 1.807) is 0 Å². The van der Waals surface area contributed by atoms with Crippen molar-refractivity contribution in [1.29, 1.82) is 0 Å². The molecule has 2 N–H and O–H groups in total. The Balaban J connectivity index is 2.03. The first-order valence-corrected chi connectivity index (χ1v) is 7.95. The van der Waals surface area contributed by atoms with Gasteiger partial charge in [0.05, 0.1) is 18.2 Å². The molecular formula is C17H21N3O5. The summed E-state index contributed by atoms with van der Waals surface area (Å²) in [5.74, 6) is -0.942. The van der Waals surface area contributed by atoms with Gasteiger partial charge in [-0.3, -0.25) is 19.3 Å². The molecule has 0 fully saturated rings. The summed E-state index contributed by atoms with van der Waals surface area (Å²) in [7, 11) is 1.25. The molecule has 0 saturated heterocycles. The zero-order valence-electron chi connectivity index (χ0n) is 14.4. The average molecular weight is 347 g/mol. The smallest absolute Gasteiger partial charge is 0.406 e. The van der Waals surface area contributed by atoms with Gasteiger partial charge < -0.3 is 15.4 Å². The van der Waals surface area contributed by atoms with Gasteiger partial charge in [-0.15, -0.1) is 0 Å². The number of ether oxygens (including phenoxy) is 1. The predicted molar refractivity (Wildman–Crippen MR) is 89.4 cm³/mol. The Kier molecular flexibility index (Phi) is 5.74. The molecule has 0 radical (unpaired) electrons. The van der Waals surface area contributed by atoms with E-state index >= 15 is 0 Å². The third-order valence-electron chi connectivity index (χ3n) is 3.65. The molecule has 0 saturated carbocycles. The van der Waals surface area contributed by atoms with E-state index in [2.05, 4.69) is 15.4 Å². The average Bonchev–Trinajstić information content (AvgIpc) is 2.82. The van der Waals surface area contributed by atoms with Gasteiger partial charge in [0.2, 0.25) is 0 Å². The van der Waals surface area contributed by atoms with Crippen molar-refractivity contribution in [3.63, 3.8) is 0 Å². The predicted octanol–water partition coefficient (Wildman–Crippen LogP) is 1.02. The minimum atomic E-state index is -0.582. The Morgan fingerprint density at radius 2 is 1.72 bits per heavy atom. The van der Waals surface area contributed by atoms with E-state index in [0.29, 0.717) is 12.1 Å². The fourth-order valence-electron chi connectivity index (χ4n) is 2.48. The highest BCUT2D eigenvalue weighted by Crippen LogP contribution is 2.24. The standard InChI is InChI=1S/C17H21N3O5/c1-10(2)9-20-15(22)12-5-4-11(8-13(12)16(20)23)14(21)18-6-7-19-17(24)25-3/h4-5,8,10H,6-7,9H2,1-3H3,(H,18,21)(H,19,24). The van der Waals surface area contributed by atoms with E-state index in [9.17, 15) is 19.2 Å². The van der Waals surface area contributed by atoms with Crippen LogP contribution in [0.2, 0.25) is 0 Å². The van der Waals surface area contributed by atoms with Crippen molar-refractivity contribution in [1.82, 2.24) is 15.5 Å². The topological polar surface area (TPSA) is 105 Å². The number of nitrogens with one attached hydrogen (secondary N) is 2. The summed E-state index contributed by atoms with van der Waals surface area (Å²) >= 11 is 0. The maximum absolute atomic E-state index is 12.4. The second kappa shape index (κ2) is 7.78. The van der Waals surface area contributed by atoms with Gasteiger partial charge in [-0.05, 0) is 24.1 Å². The van der Waals surface area contributed by atoms with E-state index in [1.165, 1.54) is 30.2 Å². The molecule has 8 heteroatoms. The van der Waals surface area contributed by atoms with Gasteiger partial charge in [-0.1, -0.05) is 13.8 Å². The third-order valence-corrected chi connectivity index (χ3v) is 3.65. The highest BCUT2D eigenvalue weighted by molar-refractivity contribution is 6.22. The summed E-state index contributed by atoms with van der Waals surface area (Å²) in [6.07, 6.45) is -0.582. The van der Waals surface area contributed by atoms with Crippen LogP contribution >= 0.6 is 0 Å². The molecule has 134 valence electrons. The summed E-state index contributed by atoms with van der Waals surface area (Å²) in [6.45, 7) is 4.60. The number of carbonyl (C=O) groups excluding carboxylic acids is 4. The molecule has 0 bridgehead atoms. The normalized spacial score (nSPS) is 13.0. The Morgan fingerprint density at radius 1 is 1.08 bits per heavy atom. The summed E-state index contributed by atoms with van der Waals surface area (Å²) in [5, 5.41) is 5.06. The highest BCUT2D eigenvalue weighted by atomic mass is 16.5. The number of hydrogen-bond donors (Lipinski definition) is 2. The van der Waals surface area contributed by atoms with E-state index in [0.717, 1.165) is 0 Å². The Labute approximate surface area is 145 Å². The summed E-state index contributed by atoms with van der Waals surface area (Å²) in [6, 6.07) is 4.43.